The van der Waals surface area contributed by atoms with Crippen LogP contribution in [-0.2, 0) is 33.3 Å². The van der Waals surface area contributed by atoms with Crippen LogP contribution >= 0.6 is 0 Å². The Morgan fingerprint density at radius 2 is 1.84 bits per heavy atom. The molecule has 7 unspecified atom stereocenters. The molecule has 3 aliphatic rings. The molecule has 0 amide bonds. The molecule has 1 saturated carbocycles. The number of rotatable bonds is 5. The third-order valence-corrected chi connectivity index (χ3v) is 6.02. The van der Waals surface area contributed by atoms with Gasteiger partial charge in [-0.3, -0.25) is 4.79 Å². The zero-order valence-electron chi connectivity index (χ0n) is 17.3. The molecule has 2 aliphatic heterocycles. The molecule has 176 valence electrons. The molecule has 2 heterocycles. The van der Waals surface area contributed by atoms with Crippen molar-refractivity contribution in [3.8, 4) is 0 Å². The second-order valence-corrected chi connectivity index (χ2v) is 8.13. The normalized spacial score (nSPS) is 44.6. The molecule has 0 spiro atoms. The van der Waals surface area contributed by atoms with Gasteiger partial charge in [0, 0.05) is 19.3 Å². The third kappa shape index (κ3) is 4.29. The van der Waals surface area contributed by atoms with Crippen molar-refractivity contribution < 1.29 is 58.8 Å². The minimum atomic E-state index is -1.70. The largest absolute Gasteiger partial charge is 0.471 e. The predicted molar refractivity (Wildman–Crippen MR) is 97.6 cm³/mol. The summed E-state index contributed by atoms with van der Waals surface area (Å²) < 4.78 is 26.8. The number of methoxy groups -OCH3 is 1. The van der Waals surface area contributed by atoms with Gasteiger partial charge in [0.2, 0.25) is 6.29 Å². The highest BCUT2D eigenvalue weighted by atomic mass is 16.8. The van der Waals surface area contributed by atoms with Crippen molar-refractivity contribution in [1.82, 2.24) is 0 Å². The monoisotopic (exact) mass is 448 g/mol. The summed E-state index contributed by atoms with van der Waals surface area (Å²) in [6.45, 7) is 2.09. The van der Waals surface area contributed by atoms with Gasteiger partial charge in [-0.05, 0) is 6.92 Å². The van der Waals surface area contributed by atoms with Gasteiger partial charge in [0.25, 0.3) is 0 Å². The summed E-state index contributed by atoms with van der Waals surface area (Å²) in [7, 11) is 1.17. The highest BCUT2D eigenvalue weighted by Crippen LogP contribution is 2.51. The van der Waals surface area contributed by atoms with Crippen LogP contribution in [0.2, 0.25) is 0 Å². The number of carbonyl (C=O) groups excluding carboxylic acids is 2. The Hall–Kier alpha value is -1.80. The van der Waals surface area contributed by atoms with E-state index in [0.717, 1.165) is 6.26 Å². The lowest BCUT2D eigenvalue weighted by Gasteiger charge is -2.44. The van der Waals surface area contributed by atoms with Gasteiger partial charge in [0.05, 0.1) is 37.6 Å². The molecule has 0 bridgehead atoms. The molecular weight excluding hydrogens is 420 g/mol. The maximum absolute atomic E-state index is 12.2. The first kappa shape index (κ1) is 23.9. The second-order valence-electron chi connectivity index (χ2n) is 8.13. The Morgan fingerprint density at radius 3 is 2.42 bits per heavy atom. The van der Waals surface area contributed by atoms with E-state index in [4.69, 9.17) is 23.7 Å². The number of hydrogen-bond acceptors (Lipinski definition) is 12. The number of aliphatic hydroxyl groups excluding tert-OH is 5. The highest BCUT2D eigenvalue weighted by Gasteiger charge is 2.61. The fourth-order valence-corrected chi connectivity index (χ4v) is 4.63. The van der Waals surface area contributed by atoms with Crippen molar-refractivity contribution >= 4 is 11.9 Å². The Bertz CT molecular complexity index is 723. The average Bonchev–Trinajstić information content (AvgIpc) is 2.98. The second kappa shape index (κ2) is 8.98. The molecular formula is C19H28O12. The van der Waals surface area contributed by atoms with Gasteiger partial charge in [0.1, 0.15) is 30.0 Å². The van der Waals surface area contributed by atoms with E-state index >= 15 is 0 Å². The predicted octanol–water partition coefficient (Wildman–Crippen LogP) is -2.47. The zero-order valence-corrected chi connectivity index (χ0v) is 17.3. The van der Waals surface area contributed by atoms with E-state index < -0.39 is 79.1 Å². The lowest BCUT2D eigenvalue weighted by Crippen LogP contribution is -2.61. The molecule has 5 N–H and O–H groups in total. The summed E-state index contributed by atoms with van der Waals surface area (Å²) in [5.41, 5.74) is -1.30. The molecule has 2 fully saturated rings. The Morgan fingerprint density at radius 1 is 1.16 bits per heavy atom. The lowest BCUT2D eigenvalue weighted by molar-refractivity contribution is -0.346. The van der Waals surface area contributed by atoms with Crippen molar-refractivity contribution in [2.75, 3.05) is 13.7 Å². The van der Waals surface area contributed by atoms with E-state index in [1.807, 2.05) is 0 Å². The van der Waals surface area contributed by atoms with Crippen LogP contribution in [0.4, 0.5) is 0 Å². The molecule has 10 atom stereocenters. The number of carbonyl (C=O) groups is 2. The van der Waals surface area contributed by atoms with Crippen molar-refractivity contribution in [3.63, 3.8) is 0 Å². The fourth-order valence-electron chi connectivity index (χ4n) is 4.63. The minimum absolute atomic E-state index is 0.0181. The van der Waals surface area contributed by atoms with Crippen molar-refractivity contribution in [2.24, 2.45) is 11.8 Å². The van der Waals surface area contributed by atoms with E-state index in [1.165, 1.54) is 14.0 Å². The van der Waals surface area contributed by atoms with E-state index in [1.54, 1.807) is 6.92 Å². The number of hydrogen-bond donors (Lipinski definition) is 5. The smallest absolute Gasteiger partial charge is 0.337 e. The first-order chi connectivity index (χ1) is 14.5. The first-order valence-electron chi connectivity index (χ1n) is 9.81. The van der Waals surface area contributed by atoms with Gasteiger partial charge in [0.15, 0.2) is 6.29 Å². The quantitative estimate of drug-likeness (QED) is 0.280. The summed E-state index contributed by atoms with van der Waals surface area (Å²) in [4.78, 5) is 23.9. The Labute approximate surface area is 177 Å². The molecule has 3 rings (SSSR count). The van der Waals surface area contributed by atoms with Crippen LogP contribution in [0, 0.1) is 11.8 Å². The van der Waals surface area contributed by atoms with Gasteiger partial charge in [-0.25, -0.2) is 4.79 Å². The van der Waals surface area contributed by atoms with Crippen LogP contribution in [0.15, 0.2) is 11.8 Å². The van der Waals surface area contributed by atoms with Crippen LogP contribution in [0.3, 0.4) is 0 Å². The molecule has 1 saturated heterocycles. The molecule has 31 heavy (non-hydrogen) atoms. The van der Waals surface area contributed by atoms with Crippen molar-refractivity contribution in [1.29, 1.82) is 0 Å². The minimum Gasteiger partial charge on any atom is -0.471 e. The van der Waals surface area contributed by atoms with Gasteiger partial charge in [-0.15, -0.1) is 0 Å². The van der Waals surface area contributed by atoms with Gasteiger partial charge in [-0.2, -0.15) is 0 Å². The molecule has 1 aliphatic carbocycles. The van der Waals surface area contributed by atoms with E-state index in [-0.39, 0.29) is 12.0 Å². The molecule has 12 heteroatoms. The van der Waals surface area contributed by atoms with Crippen LogP contribution in [0.1, 0.15) is 20.3 Å². The van der Waals surface area contributed by atoms with E-state index in [2.05, 4.69) is 0 Å². The number of aliphatic hydroxyl groups is 5. The lowest BCUT2D eigenvalue weighted by atomic mass is 9.80. The fraction of sp³-hybridized carbons (Fsp3) is 0.789. The van der Waals surface area contributed by atoms with E-state index in [9.17, 15) is 35.1 Å². The van der Waals surface area contributed by atoms with Crippen LogP contribution < -0.4 is 0 Å². The number of esters is 2. The highest BCUT2D eigenvalue weighted by molar-refractivity contribution is 5.89. The van der Waals surface area contributed by atoms with Gasteiger partial charge >= 0.3 is 11.9 Å². The van der Waals surface area contributed by atoms with Crippen molar-refractivity contribution in [2.45, 2.75) is 69.0 Å². The maximum Gasteiger partial charge on any atom is 0.337 e. The number of fused-ring (bicyclic) bond motifs is 1. The van der Waals surface area contributed by atoms with Gasteiger partial charge < -0.3 is 49.2 Å². The van der Waals surface area contributed by atoms with Crippen LogP contribution in [0.25, 0.3) is 0 Å². The summed E-state index contributed by atoms with van der Waals surface area (Å²) in [5.74, 6) is -3.18. The SMILES string of the molecule is COC(=O)C1=COC(OC2OC(CO)C(O)C(O)C2O)[C@@H]2[C@H]1C(O)C[C@]2(C)OC(C)=O. The number of ether oxygens (including phenoxy) is 5. The Balaban J connectivity index is 1.93. The van der Waals surface area contributed by atoms with Crippen LogP contribution in [-0.4, -0.2) is 99.9 Å². The zero-order chi connectivity index (χ0) is 23.1. The molecule has 12 nitrogen and oxygen atoms in total. The topological polar surface area (TPSA) is 181 Å². The summed E-state index contributed by atoms with van der Waals surface area (Å²) in [5, 5.41) is 50.3. The molecule has 0 aromatic carbocycles. The maximum atomic E-state index is 12.2. The molecule has 0 radical (unpaired) electrons. The molecule has 0 aromatic rings. The average molecular weight is 448 g/mol. The van der Waals surface area contributed by atoms with E-state index in [0.29, 0.717) is 0 Å². The van der Waals surface area contributed by atoms with Crippen LogP contribution in [0.5, 0.6) is 0 Å². The summed E-state index contributed by atoms with van der Waals surface area (Å²) >= 11 is 0. The third-order valence-electron chi connectivity index (χ3n) is 6.02. The standard InChI is InChI=1S/C19H28O12/c1-7(21)31-19(2)4-9(22)11-8(16(26)27-3)6-28-17(12(11)19)30-18-15(25)14(24)13(23)10(5-20)29-18/h6,9-15,17-18,20,22-25H,4-5H2,1-3H3/t9?,10?,11-,12+,13?,14?,15?,17?,18?,19+/m1/s1. The van der Waals surface area contributed by atoms with Crippen molar-refractivity contribution in [3.05, 3.63) is 11.8 Å². The van der Waals surface area contributed by atoms with Gasteiger partial charge in [-0.1, -0.05) is 0 Å². The Kier molecular flexibility index (Phi) is 6.91. The summed E-state index contributed by atoms with van der Waals surface area (Å²) in [6.07, 6.45) is -9.07. The summed E-state index contributed by atoms with van der Waals surface area (Å²) in [6, 6.07) is 0. The molecule has 0 aromatic heterocycles. The first-order valence-corrected chi connectivity index (χ1v) is 9.81.